The maximum Gasteiger partial charge on any atom is 0.225 e. The standard InChI is InChI=1S/C14H20N4O/c19-14(11-9-15-10-11)17-12-4-7-18(8-5-12)13-3-1-2-6-16-13/h1-3,6,11-12,15H,4-5,7-10H2,(H,17,19). The SMILES string of the molecule is O=C(NC1CCN(c2ccccn2)CC1)C1CNC1. The maximum absolute atomic E-state index is 11.9. The van der Waals surface area contributed by atoms with Crippen molar-refractivity contribution >= 4 is 11.7 Å². The van der Waals surface area contributed by atoms with Gasteiger partial charge in [-0.05, 0) is 25.0 Å². The Labute approximate surface area is 113 Å². The predicted octanol–water partition coefficient (Wildman–Crippen LogP) is 0.386. The average Bonchev–Trinajstić information content (AvgIpc) is 2.38. The zero-order chi connectivity index (χ0) is 13.1. The minimum absolute atomic E-state index is 0.189. The lowest BCUT2D eigenvalue weighted by atomic mass is 9.99. The van der Waals surface area contributed by atoms with Crippen molar-refractivity contribution in [3.05, 3.63) is 24.4 Å². The molecule has 0 aromatic carbocycles. The molecule has 2 aliphatic rings. The predicted molar refractivity (Wildman–Crippen MR) is 74.0 cm³/mol. The Morgan fingerprint density at radius 1 is 1.32 bits per heavy atom. The Balaban J connectivity index is 1.48. The first-order valence-electron chi connectivity index (χ1n) is 7.00. The molecule has 0 spiro atoms. The van der Waals surface area contributed by atoms with E-state index in [1.807, 2.05) is 24.4 Å². The second-order valence-corrected chi connectivity index (χ2v) is 5.31. The topological polar surface area (TPSA) is 57.3 Å². The van der Waals surface area contributed by atoms with Crippen LogP contribution in [0.25, 0.3) is 0 Å². The highest BCUT2D eigenvalue weighted by molar-refractivity contribution is 5.80. The number of amides is 1. The normalized spacial score (nSPS) is 20.9. The van der Waals surface area contributed by atoms with Crippen molar-refractivity contribution in [2.45, 2.75) is 18.9 Å². The van der Waals surface area contributed by atoms with Crippen molar-refractivity contribution < 1.29 is 4.79 Å². The highest BCUT2D eigenvalue weighted by Crippen LogP contribution is 2.17. The molecule has 2 aliphatic heterocycles. The first-order valence-corrected chi connectivity index (χ1v) is 7.00. The fourth-order valence-electron chi connectivity index (χ4n) is 2.59. The molecule has 2 fully saturated rings. The molecule has 2 saturated heterocycles. The summed E-state index contributed by atoms with van der Waals surface area (Å²) in [6.07, 6.45) is 3.83. The van der Waals surface area contributed by atoms with Crippen LogP contribution in [-0.4, -0.2) is 43.1 Å². The van der Waals surface area contributed by atoms with E-state index in [1.54, 1.807) is 0 Å². The highest BCUT2D eigenvalue weighted by atomic mass is 16.2. The minimum atomic E-state index is 0.189. The summed E-state index contributed by atoms with van der Waals surface area (Å²) in [5.74, 6) is 1.44. The Hall–Kier alpha value is -1.62. The van der Waals surface area contributed by atoms with E-state index >= 15 is 0 Å². The lowest BCUT2D eigenvalue weighted by Crippen LogP contribution is -2.54. The summed E-state index contributed by atoms with van der Waals surface area (Å²) >= 11 is 0. The molecule has 3 rings (SSSR count). The third-order valence-corrected chi connectivity index (χ3v) is 3.97. The summed E-state index contributed by atoms with van der Waals surface area (Å²) in [7, 11) is 0. The Kier molecular flexibility index (Phi) is 3.64. The third kappa shape index (κ3) is 2.87. The summed E-state index contributed by atoms with van der Waals surface area (Å²) in [6.45, 7) is 3.59. The van der Waals surface area contributed by atoms with Gasteiger partial charge in [0.05, 0.1) is 5.92 Å². The number of aromatic nitrogens is 1. The van der Waals surface area contributed by atoms with E-state index in [-0.39, 0.29) is 11.8 Å². The zero-order valence-electron chi connectivity index (χ0n) is 11.0. The van der Waals surface area contributed by atoms with Gasteiger partial charge in [0.25, 0.3) is 0 Å². The molecule has 0 atom stereocenters. The Morgan fingerprint density at radius 3 is 2.68 bits per heavy atom. The molecular weight excluding hydrogens is 240 g/mol. The van der Waals surface area contributed by atoms with Crippen LogP contribution in [0.2, 0.25) is 0 Å². The lowest BCUT2D eigenvalue weighted by Gasteiger charge is -2.35. The van der Waals surface area contributed by atoms with Gasteiger partial charge in [-0.15, -0.1) is 0 Å². The van der Waals surface area contributed by atoms with E-state index in [0.29, 0.717) is 6.04 Å². The van der Waals surface area contributed by atoms with Crippen LogP contribution in [-0.2, 0) is 4.79 Å². The van der Waals surface area contributed by atoms with Crippen molar-refractivity contribution in [3.63, 3.8) is 0 Å². The van der Waals surface area contributed by atoms with Gasteiger partial charge in [-0.25, -0.2) is 4.98 Å². The number of piperidine rings is 1. The van der Waals surface area contributed by atoms with Crippen LogP contribution >= 0.6 is 0 Å². The van der Waals surface area contributed by atoms with Crippen LogP contribution < -0.4 is 15.5 Å². The quantitative estimate of drug-likeness (QED) is 0.825. The Morgan fingerprint density at radius 2 is 2.11 bits per heavy atom. The van der Waals surface area contributed by atoms with E-state index in [0.717, 1.165) is 44.8 Å². The summed E-state index contributed by atoms with van der Waals surface area (Å²) in [4.78, 5) is 18.5. The third-order valence-electron chi connectivity index (χ3n) is 3.97. The van der Waals surface area contributed by atoms with Gasteiger partial charge in [0, 0.05) is 38.4 Å². The summed E-state index contributed by atoms with van der Waals surface area (Å²) in [6, 6.07) is 6.31. The molecule has 0 saturated carbocycles. The van der Waals surface area contributed by atoms with Crippen LogP contribution in [0, 0.1) is 5.92 Å². The molecule has 5 heteroatoms. The van der Waals surface area contributed by atoms with Gasteiger partial charge < -0.3 is 15.5 Å². The van der Waals surface area contributed by atoms with Crippen molar-refractivity contribution in [1.29, 1.82) is 0 Å². The highest BCUT2D eigenvalue weighted by Gasteiger charge is 2.28. The van der Waals surface area contributed by atoms with E-state index in [4.69, 9.17) is 0 Å². The number of hydrogen-bond donors (Lipinski definition) is 2. The minimum Gasteiger partial charge on any atom is -0.356 e. The second-order valence-electron chi connectivity index (χ2n) is 5.31. The fraction of sp³-hybridized carbons (Fsp3) is 0.571. The van der Waals surface area contributed by atoms with Gasteiger partial charge in [-0.1, -0.05) is 6.07 Å². The molecule has 102 valence electrons. The number of nitrogens with zero attached hydrogens (tertiary/aromatic N) is 2. The van der Waals surface area contributed by atoms with E-state index < -0.39 is 0 Å². The van der Waals surface area contributed by atoms with Crippen molar-refractivity contribution in [2.75, 3.05) is 31.1 Å². The fourth-order valence-corrected chi connectivity index (χ4v) is 2.59. The summed E-state index contributed by atoms with van der Waals surface area (Å²) in [5, 5.41) is 6.30. The smallest absolute Gasteiger partial charge is 0.225 e. The molecule has 1 aromatic rings. The molecule has 2 N–H and O–H groups in total. The molecule has 0 bridgehead atoms. The van der Waals surface area contributed by atoms with Gasteiger partial charge >= 0.3 is 0 Å². The Bertz CT molecular complexity index is 424. The van der Waals surface area contributed by atoms with Gasteiger partial charge in [0.2, 0.25) is 5.91 Å². The lowest BCUT2D eigenvalue weighted by molar-refractivity contribution is -0.127. The molecule has 19 heavy (non-hydrogen) atoms. The van der Waals surface area contributed by atoms with E-state index in [2.05, 4.69) is 20.5 Å². The van der Waals surface area contributed by atoms with Crippen LogP contribution in [0.1, 0.15) is 12.8 Å². The van der Waals surface area contributed by atoms with Gasteiger partial charge in [-0.3, -0.25) is 4.79 Å². The largest absolute Gasteiger partial charge is 0.356 e. The van der Waals surface area contributed by atoms with Crippen molar-refractivity contribution in [1.82, 2.24) is 15.6 Å². The van der Waals surface area contributed by atoms with Gasteiger partial charge in [0.1, 0.15) is 5.82 Å². The molecule has 5 nitrogen and oxygen atoms in total. The number of rotatable bonds is 3. The van der Waals surface area contributed by atoms with E-state index in [9.17, 15) is 4.79 Å². The first-order chi connectivity index (χ1) is 9.33. The molecule has 0 aliphatic carbocycles. The van der Waals surface area contributed by atoms with Crippen LogP contribution in [0.4, 0.5) is 5.82 Å². The van der Waals surface area contributed by atoms with Crippen molar-refractivity contribution in [2.24, 2.45) is 5.92 Å². The number of nitrogens with one attached hydrogen (secondary N) is 2. The summed E-state index contributed by atoms with van der Waals surface area (Å²) in [5.41, 5.74) is 0. The molecule has 1 aromatic heterocycles. The van der Waals surface area contributed by atoms with E-state index in [1.165, 1.54) is 0 Å². The zero-order valence-corrected chi connectivity index (χ0v) is 11.0. The molecule has 3 heterocycles. The number of carbonyl (C=O) groups is 1. The van der Waals surface area contributed by atoms with Gasteiger partial charge in [-0.2, -0.15) is 0 Å². The monoisotopic (exact) mass is 260 g/mol. The second kappa shape index (κ2) is 5.57. The molecular formula is C14H20N4O. The molecule has 0 unspecified atom stereocenters. The van der Waals surface area contributed by atoms with Gasteiger partial charge in [0.15, 0.2) is 0 Å². The van der Waals surface area contributed by atoms with Crippen LogP contribution in [0.15, 0.2) is 24.4 Å². The number of pyridine rings is 1. The average molecular weight is 260 g/mol. The number of hydrogen-bond acceptors (Lipinski definition) is 4. The van der Waals surface area contributed by atoms with Crippen LogP contribution in [0.5, 0.6) is 0 Å². The maximum atomic E-state index is 11.9. The molecule has 1 amide bonds. The molecule has 0 radical (unpaired) electrons. The summed E-state index contributed by atoms with van der Waals surface area (Å²) < 4.78 is 0. The van der Waals surface area contributed by atoms with Crippen LogP contribution in [0.3, 0.4) is 0 Å². The number of carbonyl (C=O) groups excluding carboxylic acids is 1. The number of anilines is 1. The first kappa shape index (κ1) is 12.4. The van der Waals surface area contributed by atoms with Crippen molar-refractivity contribution in [3.8, 4) is 0 Å².